The van der Waals surface area contributed by atoms with Gasteiger partial charge in [-0.2, -0.15) is 0 Å². The molecule has 1 N–H and O–H groups in total. The van der Waals surface area contributed by atoms with Crippen LogP contribution in [0, 0.1) is 0 Å². The van der Waals surface area contributed by atoms with E-state index in [1.54, 1.807) is 14.2 Å². The molecule has 0 spiro atoms. The number of methoxy groups -OCH3 is 2. The molecule has 31 heavy (non-hydrogen) atoms. The van der Waals surface area contributed by atoms with Gasteiger partial charge in [-0.25, -0.2) is 0 Å². The Morgan fingerprint density at radius 2 is 1.65 bits per heavy atom. The Labute approximate surface area is 186 Å². The van der Waals surface area contributed by atoms with Gasteiger partial charge in [-0.3, -0.25) is 0 Å². The van der Waals surface area contributed by atoms with Crippen LogP contribution in [0.5, 0.6) is 23.0 Å². The Bertz CT molecular complexity index is 852. The first-order valence-corrected chi connectivity index (χ1v) is 11.2. The Kier molecular flexibility index (Phi) is 8.43. The zero-order chi connectivity index (χ0) is 22.2. The van der Waals surface area contributed by atoms with Crippen molar-refractivity contribution in [1.29, 1.82) is 0 Å². The Hall–Kier alpha value is -2.44. The van der Waals surface area contributed by atoms with E-state index < -0.39 is 0 Å². The molecule has 3 rings (SSSR count). The number of ether oxygens (including phenoxy) is 4. The van der Waals surface area contributed by atoms with Crippen LogP contribution in [0.25, 0.3) is 0 Å². The molecule has 0 bridgehead atoms. The molecule has 2 aromatic carbocycles. The van der Waals surface area contributed by atoms with E-state index in [4.69, 9.17) is 18.9 Å². The summed E-state index contributed by atoms with van der Waals surface area (Å²) in [6.45, 7) is 11.4. The first-order chi connectivity index (χ1) is 15.1. The fourth-order valence-electron chi connectivity index (χ4n) is 4.10. The predicted octanol–water partition coefficient (Wildman–Crippen LogP) is 4.06. The Morgan fingerprint density at radius 1 is 0.903 bits per heavy atom. The van der Waals surface area contributed by atoms with E-state index >= 15 is 0 Å². The summed E-state index contributed by atoms with van der Waals surface area (Å²) in [6.07, 6.45) is 0.957. The van der Waals surface area contributed by atoms with Crippen molar-refractivity contribution in [2.24, 2.45) is 0 Å². The molecular weight excluding hydrogens is 392 g/mol. The van der Waals surface area contributed by atoms with Gasteiger partial charge in [-0.15, -0.1) is 0 Å². The predicted molar refractivity (Wildman–Crippen MR) is 124 cm³/mol. The normalized spacial score (nSPS) is 15.5. The third-order valence-electron chi connectivity index (χ3n) is 5.86. The van der Waals surface area contributed by atoms with Crippen LogP contribution in [0.15, 0.2) is 30.3 Å². The summed E-state index contributed by atoms with van der Waals surface area (Å²) >= 11 is 0. The smallest absolute Gasteiger partial charge is 0.161 e. The summed E-state index contributed by atoms with van der Waals surface area (Å²) in [5, 5.41) is 3.64. The molecule has 2 aromatic rings. The number of fused-ring (bicyclic) bond motifs is 1. The van der Waals surface area contributed by atoms with E-state index in [2.05, 4.69) is 48.3 Å². The van der Waals surface area contributed by atoms with Crippen LogP contribution in [-0.4, -0.2) is 58.5 Å². The van der Waals surface area contributed by atoms with Crippen molar-refractivity contribution in [3.63, 3.8) is 0 Å². The van der Waals surface area contributed by atoms with E-state index in [-0.39, 0.29) is 6.04 Å². The second-order valence-electron chi connectivity index (χ2n) is 7.56. The quantitative estimate of drug-likeness (QED) is 0.583. The van der Waals surface area contributed by atoms with E-state index in [9.17, 15) is 0 Å². The first-order valence-electron chi connectivity index (χ1n) is 11.2. The van der Waals surface area contributed by atoms with Crippen molar-refractivity contribution in [2.45, 2.75) is 33.2 Å². The lowest BCUT2D eigenvalue weighted by Gasteiger charge is -2.29. The lowest BCUT2D eigenvalue weighted by molar-refractivity contribution is 0.217. The minimum Gasteiger partial charge on any atom is -0.493 e. The maximum atomic E-state index is 6.03. The molecule has 1 unspecified atom stereocenters. The summed E-state index contributed by atoms with van der Waals surface area (Å²) in [7, 11) is 3.38. The van der Waals surface area contributed by atoms with Crippen LogP contribution in [0.3, 0.4) is 0 Å². The molecule has 0 radical (unpaired) electrons. The molecule has 170 valence electrons. The summed E-state index contributed by atoms with van der Waals surface area (Å²) in [6, 6.07) is 10.5. The minimum atomic E-state index is 0.0625. The average Bonchev–Trinajstić information content (AvgIpc) is 2.81. The summed E-state index contributed by atoms with van der Waals surface area (Å²) in [4.78, 5) is 2.34. The van der Waals surface area contributed by atoms with Crippen molar-refractivity contribution in [3.05, 3.63) is 47.0 Å². The van der Waals surface area contributed by atoms with Crippen LogP contribution in [0.1, 0.15) is 43.5 Å². The number of benzene rings is 2. The van der Waals surface area contributed by atoms with Crippen LogP contribution < -0.4 is 24.3 Å². The number of hydrogen-bond acceptors (Lipinski definition) is 6. The first kappa shape index (κ1) is 23.2. The molecule has 0 aliphatic carbocycles. The van der Waals surface area contributed by atoms with Crippen LogP contribution in [0.2, 0.25) is 0 Å². The van der Waals surface area contributed by atoms with E-state index in [1.165, 1.54) is 11.1 Å². The molecule has 0 saturated carbocycles. The van der Waals surface area contributed by atoms with Gasteiger partial charge < -0.3 is 29.2 Å². The summed E-state index contributed by atoms with van der Waals surface area (Å²) < 4.78 is 23.1. The van der Waals surface area contributed by atoms with Crippen LogP contribution in [-0.2, 0) is 6.42 Å². The minimum absolute atomic E-state index is 0.0625. The Morgan fingerprint density at radius 3 is 2.32 bits per heavy atom. The number of hydrogen-bond donors (Lipinski definition) is 1. The molecular formula is C25H36N2O4. The number of rotatable bonds is 11. The molecule has 1 aliphatic heterocycles. The molecule has 0 fully saturated rings. The molecule has 1 atom stereocenters. The second kappa shape index (κ2) is 11.3. The van der Waals surface area contributed by atoms with Crippen molar-refractivity contribution in [3.8, 4) is 23.0 Å². The van der Waals surface area contributed by atoms with E-state index in [1.807, 2.05) is 13.0 Å². The fourth-order valence-corrected chi connectivity index (χ4v) is 4.10. The third-order valence-corrected chi connectivity index (χ3v) is 5.86. The maximum absolute atomic E-state index is 6.03. The lowest BCUT2D eigenvalue weighted by atomic mass is 9.89. The molecule has 6 nitrogen and oxygen atoms in total. The Balaban J connectivity index is 1.84. The summed E-state index contributed by atoms with van der Waals surface area (Å²) in [5.74, 6) is 3.10. The molecule has 0 amide bonds. The highest BCUT2D eigenvalue weighted by atomic mass is 16.5. The lowest BCUT2D eigenvalue weighted by Crippen LogP contribution is -2.30. The van der Waals surface area contributed by atoms with Crippen molar-refractivity contribution in [1.82, 2.24) is 10.2 Å². The molecule has 1 aliphatic rings. The van der Waals surface area contributed by atoms with Gasteiger partial charge in [-0.05, 0) is 67.4 Å². The zero-order valence-corrected chi connectivity index (χ0v) is 19.5. The van der Waals surface area contributed by atoms with Gasteiger partial charge in [0.15, 0.2) is 23.0 Å². The van der Waals surface area contributed by atoms with E-state index in [0.29, 0.717) is 13.2 Å². The topological polar surface area (TPSA) is 52.2 Å². The number of nitrogens with zero attached hydrogens (tertiary/aromatic N) is 1. The molecule has 0 saturated heterocycles. The zero-order valence-electron chi connectivity index (χ0n) is 19.5. The van der Waals surface area contributed by atoms with Crippen LogP contribution in [0.4, 0.5) is 0 Å². The van der Waals surface area contributed by atoms with Crippen molar-refractivity contribution < 1.29 is 18.9 Å². The van der Waals surface area contributed by atoms with Gasteiger partial charge in [0.1, 0.15) is 6.61 Å². The molecule has 0 aromatic heterocycles. The van der Waals surface area contributed by atoms with Crippen molar-refractivity contribution >= 4 is 0 Å². The molecule has 6 heteroatoms. The standard InChI is InChI=1S/C25H36N2O4/c1-6-27(7-2)13-14-31-21-10-9-19(16-22(21)28-4)25-20-17-24(30-8-3)23(29-5)15-18(20)11-12-26-25/h9-10,15-17,25-26H,6-8,11-14H2,1-5H3. The SMILES string of the molecule is CCOc1cc2c(cc1OC)CCNC2c1ccc(OCCN(CC)CC)c(OC)c1. The highest BCUT2D eigenvalue weighted by Crippen LogP contribution is 2.39. The number of nitrogens with one attached hydrogen (secondary N) is 1. The van der Waals surface area contributed by atoms with Crippen LogP contribution >= 0.6 is 0 Å². The van der Waals surface area contributed by atoms with Gasteiger partial charge in [0.05, 0.1) is 26.9 Å². The number of likely N-dealkylation sites (N-methyl/N-ethyl adjacent to an activating group) is 1. The maximum Gasteiger partial charge on any atom is 0.161 e. The highest BCUT2D eigenvalue weighted by Gasteiger charge is 2.25. The van der Waals surface area contributed by atoms with E-state index in [0.717, 1.165) is 61.2 Å². The summed E-state index contributed by atoms with van der Waals surface area (Å²) in [5.41, 5.74) is 3.64. The van der Waals surface area contributed by atoms with Gasteiger partial charge in [0.25, 0.3) is 0 Å². The van der Waals surface area contributed by atoms with Gasteiger partial charge in [-0.1, -0.05) is 19.9 Å². The fraction of sp³-hybridized carbons (Fsp3) is 0.520. The van der Waals surface area contributed by atoms with Gasteiger partial charge in [0.2, 0.25) is 0 Å². The van der Waals surface area contributed by atoms with Gasteiger partial charge >= 0.3 is 0 Å². The monoisotopic (exact) mass is 428 g/mol. The highest BCUT2D eigenvalue weighted by molar-refractivity contribution is 5.53. The average molecular weight is 429 g/mol. The van der Waals surface area contributed by atoms with Gasteiger partial charge in [0, 0.05) is 13.1 Å². The van der Waals surface area contributed by atoms with Crippen molar-refractivity contribution in [2.75, 3.05) is 53.6 Å². The third kappa shape index (κ3) is 5.43. The molecule has 1 heterocycles. The largest absolute Gasteiger partial charge is 0.493 e. The second-order valence-corrected chi connectivity index (χ2v) is 7.56.